The van der Waals surface area contributed by atoms with Gasteiger partial charge in [0, 0.05) is 6.07 Å². The van der Waals surface area contributed by atoms with Crippen LogP contribution in [-0.2, 0) is 6.42 Å². The Kier molecular flexibility index (Phi) is 3.23. The highest BCUT2D eigenvalue weighted by Gasteiger charge is 2.12. The first-order chi connectivity index (χ1) is 6.69. The molecule has 0 bridgehead atoms. The van der Waals surface area contributed by atoms with Gasteiger partial charge in [-0.15, -0.1) is 0 Å². The van der Waals surface area contributed by atoms with Crippen LogP contribution >= 0.6 is 0 Å². The maximum Gasteiger partial charge on any atom is 0.292 e. The molecule has 4 nitrogen and oxygen atoms in total. The minimum Gasteiger partial charge on any atom is -0.357 e. The number of rotatable bonds is 4. The normalized spacial score (nSPS) is 9.50. The lowest BCUT2D eigenvalue weighted by Gasteiger charge is -2.03. The summed E-state index contributed by atoms with van der Waals surface area (Å²) >= 11 is 0. The molecule has 0 heterocycles. The van der Waals surface area contributed by atoms with E-state index in [0.717, 1.165) is 12.0 Å². The van der Waals surface area contributed by atoms with Crippen molar-refractivity contribution >= 4 is 11.4 Å². The number of nitrogens with one attached hydrogen (secondary N) is 1. The zero-order valence-corrected chi connectivity index (χ0v) is 7.99. The molecule has 0 aliphatic heterocycles. The third kappa shape index (κ3) is 2.10. The molecule has 0 unspecified atom stereocenters. The maximum absolute atomic E-state index is 10.7. The molecule has 1 rings (SSSR count). The summed E-state index contributed by atoms with van der Waals surface area (Å²) in [6, 6.07) is 5.13. The van der Waals surface area contributed by atoms with Gasteiger partial charge in [0.15, 0.2) is 0 Å². The summed E-state index contributed by atoms with van der Waals surface area (Å²) in [5.74, 6) is 0. The highest BCUT2D eigenvalue weighted by Crippen LogP contribution is 2.25. The average Bonchev–Trinajstić information content (AvgIpc) is 2.18. The van der Waals surface area contributed by atoms with Crippen molar-refractivity contribution in [3.63, 3.8) is 0 Å². The van der Waals surface area contributed by atoms with Crippen LogP contribution in [0.3, 0.4) is 0 Å². The Balaban J connectivity index is 3.16. The van der Waals surface area contributed by atoms with Gasteiger partial charge in [0.2, 0.25) is 0 Å². The van der Waals surface area contributed by atoms with E-state index in [1.807, 2.05) is 13.0 Å². The molecule has 0 aromatic heterocycles. The van der Waals surface area contributed by atoms with Crippen LogP contribution in [0.2, 0.25) is 0 Å². The van der Waals surface area contributed by atoms with Crippen molar-refractivity contribution in [2.45, 2.75) is 13.3 Å². The standard InChI is InChI=1S/C10H12N2O2/c1-3-8-5-6-9(11-4-2)10(7-8)12(13)14/h4-7,11H,2-3H2,1H3. The van der Waals surface area contributed by atoms with Crippen LogP contribution in [0.15, 0.2) is 31.0 Å². The highest BCUT2D eigenvalue weighted by molar-refractivity contribution is 5.63. The van der Waals surface area contributed by atoms with Gasteiger partial charge in [0.25, 0.3) is 5.69 Å². The number of anilines is 1. The van der Waals surface area contributed by atoms with Crippen molar-refractivity contribution in [1.82, 2.24) is 0 Å². The number of nitrogens with zero attached hydrogens (tertiary/aromatic N) is 1. The molecule has 0 amide bonds. The first-order valence-electron chi connectivity index (χ1n) is 4.33. The molecule has 0 spiro atoms. The average molecular weight is 192 g/mol. The Morgan fingerprint density at radius 2 is 2.36 bits per heavy atom. The van der Waals surface area contributed by atoms with Gasteiger partial charge in [0.1, 0.15) is 5.69 Å². The lowest BCUT2D eigenvalue weighted by molar-refractivity contribution is -0.384. The first kappa shape index (κ1) is 10.2. The number of nitro groups is 1. The fourth-order valence-corrected chi connectivity index (χ4v) is 1.18. The monoisotopic (exact) mass is 192 g/mol. The predicted octanol–water partition coefficient (Wildman–Crippen LogP) is 2.71. The third-order valence-corrected chi connectivity index (χ3v) is 1.92. The molecule has 0 radical (unpaired) electrons. The lowest BCUT2D eigenvalue weighted by Crippen LogP contribution is -1.96. The van der Waals surface area contributed by atoms with Crippen molar-refractivity contribution in [3.05, 3.63) is 46.7 Å². The Morgan fingerprint density at radius 1 is 1.64 bits per heavy atom. The van der Waals surface area contributed by atoms with Gasteiger partial charge in [0.05, 0.1) is 4.92 Å². The van der Waals surface area contributed by atoms with Crippen molar-refractivity contribution in [2.24, 2.45) is 0 Å². The van der Waals surface area contributed by atoms with E-state index in [1.54, 1.807) is 12.1 Å². The van der Waals surface area contributed by atoms with Crippen LogP contribution in [0.4, 0.5) is 11.4 Å². The second-order valence-corrected chi connectivity index (χ2v) is 2.81. The zero-order valence-electron chi connectivity index (χ0n) is 7.99. The van der Waals surface area contributed by atoms with Gasteiger partial charge in [-0.3, -0.25) is 10.1 Å². The molecule has 0 atom stereocenters. The second kappa shape index (κ2) is 4.41. The summed E-state index contributed by atoms with van der Waals surface area (Å²) in [5, 5.41) is 13.4. The largest absolute Gasteiger partial charge is 0.357 e. The SMILES string of the molecule is C=CNc1ccc(CC)cc1[N+](=O)[O-]. The number of aryl methyl sites for hydroxylation is 1. The molecule has 74 valence electrons. The number of hydrogen-bond donors (Lipinski definition) is 1. The fourth-order valence-electron chi connectivity index (χ4n) is 1.18. The minimum absolute atomic E-state index is 0.0873. The summed E-state index contributed by atoms with van der Waals surface area (Å²) < 4.78 is 0. The summed E-state index contributed by atoms with van der Waals surface area (Å²) in [7, 11) is 0. The zero-order chi connectivity index (χ0) is 10.6. The predicted molar refractivity (Wildman–Crippen MR) is 56.3 cm³/mol. The van der Waals surface area contributed by atoms with Crippen molar-refractivity contribution in [1.29, 1.82) is 0 Å². The fraction of sp³-hybridized carbons (Fsp3) is 0.200. The molecular weight excluding hydrogens is 180 g/mol. The minimum atomic E-state index is -0.398. The van der Waals surface area contributed by atoms with Gasteiger partial charge in [-0.2, -0.15) is 0 Å². The molecular formula is C10H12N2O2. The molecule has 0 aliphatic carbocycles. The third-order valence-electron chi connectivity index (χ3n) is 1.92. The lowest BCUT2D eigenvalue weighted by atomic mass is 10.1. The number of hydrogen-bond acceptors (Lipinski definition) is 3. The molecule has 14 heavy (non-hydrogen) atoms. The van der Waals surface area contributed by atoms with E-state index in [1.165, 1.54) is 6.20 Å². The quantitative estimate of drug-likeness (QED) is 0.589. The van der Waals surface area contributed by atoms with Gasteiger partial charge in [-0.05, 0) is 24.3 Å². The number of nitro benzene ring substituents is 1. The molecule has 0 fully saturated rings. The van der Waals surface area contributed by atoms with Crippen molar-refractivity contribution in [3.8, 4) is 0 Å². The van der Waals surface area contributed by atoms with Gasteiger partial charge < -0.3 is 5.32 Å². The van der Waals surface area contributed by atoms with Crippen LogP contribution in [0.25, 0.3) is 0 Å². The summed E-state index contributed by atoms with van der Waals surface area (Å²) in [5.41, 5.74) is 1.51. The van der Waals surface area contributed by atoms with E-state index in [-0.39, 0.29) is 5.69 Å². The van der Waals surface area contributed by atoms with E-state index in [0.29, 0.717) is 5.69 Å². The van der Waals surface area contributed by atoms with E-state index in [9.17, 15) is 10.1 Å². The Morgan fingerprint density at radius 3 is 2.86 bits per heavy atom. The van der Waals surface area contributed by atoms with E-state index < -0.39 is 4.92 Å². The molecule has 1 aromatic rings. The molecule has 0 saturated heterocycles. The Labute approximate surface area is 82.4 Å². The van der Waals surface area contributed by atoms with Crippen molar-refractivity contribution in [2.75, 3.05) is 5.32 Å². The van der Waals surface area contributed by atoms with Crippen molar-refractivity contribution < 1.29 is 4.92 Å². The second-order valence-electron chi connectivity index (χ2n) is 2.81. The molecule has 1 aromatic carbocycles. The maximum atomic E-state index is 10.7. The van der Waals surface area contributed by atoms with E-state index >= 15 is 0 Å². The van der Waals surface area contributed by atoms with Crippen LogP contribution < -0.4 is 5.32 Å². The van der Waals surface area contributed by atoms with E-state index in [4.69, 9.17) is 0 Å². The number of benzene rings is 1. The van der Waals surface area contributed by atoms with Gasteiger partial charge in [-0.1, -0.05) is 19.6 Å². The highest BCUT2D eigenvalue weighted by atomic mass is 16.6. The summed E-state index contributed by atoms with van der Waals surface area (Å²) in [4.78, 5) is 10.3. The molecule has 0 aliphatic rings. The first-order valence-corrected chi connectivity index (χ1v) is 4.33. The van der Waals surface area contributed by atoms with Gasteiger partial charge in [-0.25, -0.2) is 0 Å². The van der Waals surface area contributed by atoms with Crippen LogP contribution in [0.1, 0.15) is 12.5 Å². The van der Waals surface area contributed by atoms with Gasteiger partial charge >= 0.3 is 0 Å². The molecule has 4 heteroatoms. The smallest absolute Gasteiger partial charge is 0.292 e. The van der Waals surface area contributed by atoms with Crippen LogP contribution in [0.5, 0.6) is 0 Å². The molecule has 0 saturated carbocycles. The summed E-state index contributed by atoms with van der Waals surface area (Å²) in [6.07, 6.45) is 2.21. The van der Waals surface area contributed by atoms with E-state index in [2.05, 4.69) is 11.9 Å². The van der Waals surface area contributed by atoms with Crippen LogP contribution in [-0.4, -0.2) is 4.92 Å². The summed E-state index contributed by atoms with van der Waals surface area (Å²) in [6.45, 7) is 5.42. The topological polar surface area (TPSA) is 55.2 Å². The molecule has 1 N–H and O–H groups in total. The Bertz CT molecular complexity index is 361. The Hall–Kier alpha value is -1.84. The van der Waals surface area contributed by atoms with Crippen LogP contribution in [0, 0.1) is 10.1 Å².